The summed E-state index contributed by atoms with van der Waals surface area (Å²) in [5.41, 5.74) is 9.78. The van der Waals surface area contributed by atoms with Crippen LogP contribution in [0.1, 0.15) is 50.2 Å². The third kappa shape index (κ3) is 7.91. The van der Waals surface area contributed by atoms with Crippen LogP contribution in [0.3, 0.4) is 0 Å². The van der Waals surface area contributed by atoms with Gasteiger partial charge in [-0.3, -0.25) is 24.0 Å². The van der Waals surface area contributed by atoms with Gasteiger partial charge in [-0.15, -0.1) is 0 Å². The third-order valence-corrected chi connectivity index (χ3v) is 7.70. The van der Waals surface area contributed by atoms with Gasteiger partial charge in [-0.1, -0.05) is 92.6 Å². The maximum absolute atomic E-state index is 13.7. The Bertz CT molecular complexity index is 1360. The number of primary amides is 1. The standard InChI is InChI=1S/C32H38N4O5/c1-2-27(29(33)37)34-32(40)28(19-23-15-10-14-22-13-6-7-16-24(22)23)35-30(38)25-17-8-9-18-26(25)31(39)36-41-20-21-11-4-3-5-12-21/h3-7,10-16,25-28H,2,8-9,17-20H2,1H3,(H2,33,37)(H,34,40)(H,35,38)(H,36,39)/t25-,26-,27-,28?/m0/s1. The average molecular weight is 559 g/mol. The van der Waals surface area contributed by atoms with Crippen molar-refractivity contribution in [3.05, 3.63) is 83.9 Å². The van der Waals surface area contributed by atoms with Gasteiger partial charge in [0.15, 0.2) is 0 Å². The monoisotopic (exact) mass is 558 g/mol. The smallest absolute Gasteiger partial charge is 0.247 e. The van der Waals surface area contributed by atoms with E-state index in [0.717, 1.165) is 34.7 Å². The van der Waals surface area contributed by atoms with Gasteiger partial charge in [-0.2, -0.15) is 0 Å². The molecule has 0 heterocycles. The molecular weight excluding hydrogens is 520 g/mol. The molecule has 1 fully saturated rings. The van der Waals surface area contributed by atoms with Crippen LogP contribution in [0.2, 0.25) is 0 Å². The van der Waals surface area contributed by atoms with Crippen molar-refractivity contribution >= 4 is 34.4 Å². The van der Waals surface area contributed by atoms with E-state index in [9.17, 15) is 19.2 Å². The Balaban J connectivity index is 1.49. The molecule has 0 aliphatic heterocycles. The van der Waals surface area contributed by atoms with Crippen molar-refractivity contribution in [2.75, 3.05) is 0 Å². The molecule has 3 aromatic carbocycles. The summed E-state index contributed by atoms with van der Waals surface area (Å²) in [7, 11) is 0. The summed E-state index contributed by atoms with van der Waals surface area (Å²) < 4.78 is 0. The van der Waals surface area contributed by atoms with Crippen molar-refractivity contribution < 1.29 is 24.0 Å². The SMILES string of the molecule is CC[C@H](NC(=O)C(Cc1cccc2ccccc12)NC(=O)[C@H]1CCCC[C@@H]1C(=O)NOCc1ccccc1)C(N)=O. The summed E-state index contributed by atoms with van der Waals surface area (Å²) in [5, 5.41) is 7.58. The molecule has 0 bridgehead atoms. The Hall–Kier alpha value is -4.24. The number of amides is 4. The number of nitrogens with two attached hydrogens (primary N) is 1. The fourth-order valence-corrected chi connectivity index (χ4v) is 5.42. The Morgan fingerprint density at radius 1 is 0.829 bits per heavy atom. The second-order valence-electron chi connectivity index (χ2n) is 10.5. The fourth-order valence-electron chi connectivity index (χ4n) is 5.42. The highest BCUT2D eigenvalue weighted by molar-refractivity contribution is 5.94. The van der Waals surface area contributed by atoms with Crippen LogP contribution >= 0.6 is 0 Å². The largest absolute Gasteiger partial charge is 0.368 e. The Morgan fingerprint density at radius 2 is 1.49 bits per heavy atom. The predicted molar refractivity (Wildman–Crippen MR) is 156 cm³/mol. The lowest BCUT2D eigenvalue weighted by molar-refractivity contribution is -0.146. The Morgan fingerprint density at radius 3 is 2.20 bits per heavy atom. The highest BCUT2D eigenvalue weighted by Crippen LogP contribution is 2.31. The number of carbonyl (C=O) groups excluding carboxylic acids is 4. The highest BCUT2D eigenvalue weighted by Gasteiger charge is 2.38. The van der Waals surface area contributed by atoms with Crippen LogP contribution in [0.15, 0.2) is 72.8 Å². The van der Waals surface area contributed by atoms with Crippen molar-refractivity contribution in [1.29, 1.82) is 0 Å². The van der Waals surface area contributed by atoms with Gasteiger partial charge in [0.2, 0.25) is 23.6 Å². The molecule has 9 nitrogen and oxygen atoms in total. The van der Waals surface area contributed by atoms with Crippen LogP contribution in [0.4, 0.5) is 0 Å². The zero-order valence-corrected chi connectivity index (χ0v) is 23.3. The molecule has 4 atom stereocenters. The lowest BCUT2D eigenvalue weighted by Gasteiger charge is -2.31. The number of benzene rings is 3. The molecule has 1 aliphatic rings. The molecule has 0 aromatic heterocycles. The Kier molecular flexibility index (Phi) is 10.5. The number of fused-ring (bicyclic) bond motifs is 1. The first-order chi connectivity index (χ1) is 19.9. The molecule has 4 amide bonds. The van der Waals surface area contributed by atoms with Crippen LogP contribution in [0.25, 0.3) is 10.8 Å². The molecule has 4 rings (SSSR count). The van der Waals surface area contributed by atoms with Crippen molar-refractivity contribution in [3.63, 3.8) is 0 Å². The van der Waals surface area contributed by atoms with Crippen LogP contribution in [-0.2, 0) is 37.0 Å². The molecule has 216 valence electrons. The van der Waals surface area contributed by atoms with E-state index in [4.69, 9.17) is 10.6 Å². The van der Waals surface area contributed by atoms with E-state index >= 15 is 0 Å². The predicted octanol–water partition coefficient (Wildman–Crippen LogP) is 3.30. The summed E-state index contributed by atoms with van der Waals surface area (Å²) >= 11 is 0. The fraction of sp³-hybridized carbons (Fsp3) is 0.375. The molecule has 41 heavy (non-hydrogen) atoms. The molecule has 5 N–H and O–H groups in total. The summed E-state index contributed by atoms with van der Waals surface area (Å²) in [4.78, 5) is 57.5. The second-order valence-corrected chi connectivity index (χ2v) is 10.5. The topological polar surface area (TPSA) is 140 Å². The first-order valence-electron chi connectivity index (χ1n) is 14.2. The first-order valence-corrected chi connectivity index (χ1v) is 14.2. The van der Waals surface area contributed by atoms with Gasteiger partial charge in [0.1, 0.15) is 12.1 Å². The minimum Gasteiger partial charge on any atom is -0.368 e. The zero-order chi connectivity index (χ0) is 29.2. The molecule has 0 spiro atoms. The maximum Gasteiger partial charge on any atom is 0.247 e. The van der Waals surface area contributed by atoms with E-state index in [2.05, 4.69) is 16.1 Å². The number of rotatable bonds is 12. The summed E-state index contributed by atoms with van der Waals surface area (Å²) in [6.07, 6.45) is 3.20. The second kappa shape index (κ2) is 14.4. The number of nitrogens with one attached hydrogen (secondary N) is 3. The highest BCUT2D eigenvalue weighted by atomic mass is 16.6. The molecule has 1 saturated carbocycles. The van der Waals surface area contributed by atoms with E-state index in [-0.39, 0.29) is 24.8 Å². The van der Waals surface area contributed by atoms with Crippen molar-refractivity contribution in [3.8, 4) is 0 Å². The molecule has 1 unspecified atom stereocenters. The van der Waals surface area contributed by atoms with Gasteiger partial charge in [0.25, 0.3) is 0 Å². The van der Waals surface area contributed by atoms with E-state index in [1.807, 2.05) is 72.8 Å². The summed E-state index contributed by atoms with van der Waals surface area (Å²) in [6.45, 7) is 1.96. The van der Waals surface area contributed by atoms with Crippen molar-refractivity contribution in [1.82, 2.24) is 16.1 Å². The van der Waals surface area contributed by atoms with Gasteiger partial charge in [0, 0.05) is 12.3 Å². The quantitative estimate of drug-likeness (QED) is 0.253. The van der Waals surface area contributed by atoms with Crippen LogP contribution in [0.5, 0.6) is 0 Å². The van der Waals surface area contributed by atoms with Gasteiger partial charge in [0.05, 0.1) is 12.5 Å². The van der Waals surface area contributed by atoms with Gasteiger partial charge in [-0.25, -0.2) is 5.48 Å². The zero-order valence-electron chi connectivity index (χ0n) is 23.3. The minimum atomic E-state index is -0.971. The average Bonchev–Trinajstić information content (AvgIpc) is 2.99. The molecule has 9 heteroatoms. The maximum atomic E-state index is 13.7. The molecule has 0 radical (unpaired) electrons. The van der Waals surface area contributed by atoms with Gasteiger partial charge >= 0.3 is 0 Å². The number of hydrogen-bond acceptors (Lipinski definition) is 5. The van der Waals surface area contributed by atoms with E-state index in [1.165, 1.54) is 0 Å². The normalized spacial score (nSPS) is 18.2. The first kappa shape index (κ1) is 29.7. The van der Waals surface area contributed by atoms with Crippen LogP contribution in [-0.4, -0.2) is 35.7 Å². The third-order valence-electron chi connectivity index (χ3n) is 7.70. The van der Waals surface area contributed by atoms with E-state index in [1.54, 1.807) is 6.92 Å². The molecule has 1 aliphatic carbocycles. The lowest BCUT2D eigenvalue weighted by Crippen LogP contribution is -2.55. The summed E-state index contributed by atoms with van der Waals surface area (Å²) in [6, 6.07) is 21.3. The van der Waals surface area contributed by atoms with Crippen molar-refractivity contribution in [2.45, 2.75) is 64.1 Å². The Labute approximate surface area is 240 Å². The van der Waals surface area contributed by atoms with E-state index < -0.39 is 35.7 Å². The van der Waals surface area contributed by atoms with E-state index in [0.29, 0.717) is 19.3 Å². The van der Waals surface area contributed by atoms with Crippen molar-refractivity contribution in [2.24, 2.45) is 17.6 Å². The number of hydroxylamine groups is 1. The molecule has 3 aromatic rings. The minimum absolute atomic E-state index is 0.206. The van der Waals surface area contributed by atoms with Crippen LogP contribution in [0, 0.1) is 11.8 Å². The van der Waals surface area contributed by atoms with Gasteiger partial charge < -0.3 is 16.4 Å². The number of hydrogen-bond donors (Lipinski definition) is 4. The number of carbonyl (C=O) groups is 4. The lowest BCUT2D eigenvalue weighted by atomic mass is 9.78. The molecular formula is C32H38N4O5. The molecule has 0 saturated heterocycles. The van der Waals surface area contributed by atoms with Crippen LogP contribution < -0.4 is 21.8 Å². The summed E-state index contributed by atoms with van der Waals surface area (Å²) in [5.74, 6) is -3.08. The van der Waals surface area contributed by atoms with Gasteiger partial charge in [-0.05, 0) is 41.2 Å².